The number of fused-ring (bicyclic) bond motifs is 1. The van der Waals surface area contributed by atoms with Gasteiger partial charge >= 0.3 is 0 Å². The maximum Gasteiger partial charge on any atom is 0.189 e. The molecule has 0 spiro atoms. The third-order valence-electron chi connectivity index (χ3n) is 3.75. The van der Waals surface area contributed by atoms with Crippen LogP contribution in [0.3, 0.4) is 0 Å². The van der Waals surface area contributed by atoms with Crippen molar-refractivity contribution in [2.45, 2.75) is 0 Å². The van der Waals surface area contributed by atoms with Crippen molar-refractivity contribution in [1.82, 2.24) is 10.9 Å². The van der Waals surface area contributed by atoms with Gasteiger partial charge in [-0.15, -0.1) is 0 Å². The summed E-state index contributed by atoms with van der Waals surface area (Å²) in [5.41, 5.74) is 8.61. The van der Waals surface area contributed by atoms with Gasteiger partial charge in [-0.05, 0) is 58.9 Å². The van der Waals surface area contributed by atoms with Crippen molar-refractivity contribution < 1.29 is 4.74 Å². The fraction of sp³-hybridized carbons (Fsp3) is 0.0500. The molecule has 3 aromatic carbocycles. The van der Waals surface area contributed by atoms with Crippen molar-refractivity contribution in [3.8, 4) is 5.75 Å². The van der Waals surface area contributed by atoms with Gasteiger partial charge in [-0.2, -0.15) is 0 Å². The first-order valence-corrected chi connectivity index (χ1v) is 8.22. The second kappa shape index (κ2) is 7.68. The molecule has 25 heavy (non-hydrogen) atoms. The van der Waals surface area contributed by atoms with Crippen molar-refractivity contribution in [2.24, 2.45) is 0 Å². The Morgan fingerprint density at radius 2 is 1.64 bits per heavy atom. The van der Waals surface area contributed by atoms with E-state index in [9.17, 15) is 0 Å². The van der Waals surface area contributed by atoms with Gasteiger partial charge in [0.1, 0.15) is 5.75 Å². The first-order valence-electron chi connectivity index (χ1n) is 7.81. The first kappa shape index (κ1) is 16.8. The van der Waals surface area contributed by atoms with E-state index in [0.717, 1.165) is 33.5 Å². The number of anilines is 1. The molecule has 0 aliphatic carbocycles. The Morgan fingerprint density at radius 3 is 2.40 bits per heavy atom. The highest BCUT2D eigenvalue weighted by molar-refractivity contribution is 7.80. The molecule has 0 saturated carbocycles. The van der Waals surface area contributed by atoms with Gasteiger partial charge in [0.2, 0.25) is 0 Å². The molecule has 0 radical (unpaired) electrons. The van der Waals surface area contributed by atoms with Gasteiger partial charge in [-0.25, -0.2) is 0 Å². The second-order valence-corrected chi connectivity index (χ2v) is 5.88. The van der Waals surface area contributed by atoms with Gasteiger partial charge in [0.25, 0.3) is 0 Å². The number of thiocarbonyl (C=S) groups is 1. The van der Waals surface area contributed by atoms with E-state index in [1.165, 1.54) is 0 Å². The number of ether oxygens (including phenoxy) is 1. The van der Waals surface area contributed by atoms with Crippen molar-refractivity contribution in [3.63, 3.8) is 0 Å². The SMILES string of the molecule is C=C(NNC(=S)Nc1ccccc1)c1ccc2cc(OC)ccc2c1. The number of nitrogens with one attached hydrogen (secondary N) is 3. The number of hydrazine groups is 1. The molecular weight excluding hydrogens is 330 g/mol. The molecule has 0 aliphatic heterocycles. The molecule has 0 fully saturated rings. The van der Waals surface area contributed by atoms with E-state index in [4.69, 9.17) is 17.0 Å². The molecular formula is C20H19N3OS. The van der Waals surface area contributed by atoms with E-state index >= 15 is 0 Å². The summed E-state index contributed by atoms with van der Waals surface area (Å²) in [5, 5.41) is 5.80. The van der Waals surface area contributed by atoms with Gasteiger partial charge in [0.15, 0.2) is 5.11 Å². The highest BCUT2D eigenvalue weighted by atomic mass is 32.1. The minimum absolute atomic E-state index is 0.470. The average molecular weight is 349 g/mol. The second-order valence-electron chi connectivity index (χ2n) is 5.48. The lowest BCUT2D eigenvalue weighted by molar-refractivity contribution is 0.415. The van der Waals surface area contributed by atoms with Crippen LogP contribution in [0.15, 0.2) is 73.3 Å². The van der Waals surface area contributed by atoms with Gasteiger partial charge in [-0.3, -0.25) is 10.9 Å². The van der Waals surface area contributed by atoms with Crippen molar-refractivity contribution >= 4 is 39.5 Å². The van der Waals surface area contributed by atoms with E-state index in [0.29, 0.717) is 5.11 Å². The quantitative estimate of drug-likeness (QED) is 0.473. The Bertz CT molecular complexity index is 909. The number of para-hydroxylation sites is 1. The lowest BCUT2D eigenvalue weighted by Crippen LogP contribution is -2.38. The highest BCUT2D eigenvalue weighted by Gasteiger charge is 2.03. The van der Waals surface area contributed by atoms with Crippen LogP contribution in [-0.4, -0.2) is 12.2 Å². The molecule has 0 atom stereocenters. The Hall–Kier alpha value is -3.05. The molecule has 5 heteroatoms. The lowest BCUT2D eigenvalue weighted by atomic mass is 10.1. The molecule has 3 aromatic rings. The maximum absolute atomic E-state index is 5.27. The molecule has 126 valence electrons. The summed E-state index contributed by atoms with van der Waals surface area (Å²) in [7, 11) is 1.67. The Balaban J connectivity index is 1.63. The van der Waals surface area contributed by atoms with Crippen molar-refractivity contribution in [2.75, 3.05) is 12.4 Å². The fourth-order valence-electron chi connectivity index (χ4n) is 2.43. The topological polar surface area (TPSA) is 45.3 Å². The number of rotatable bonds is 5. The summed E-state index contributed by atoms with van der Waals surface area (Å²) in [6.07, 6.45) is 0. The zero-order chi connectivity index (χ0) is 17.6. The molecule has 0 amide bonds. The zero-order valence-corrected chi connectivity index (χ0v) is 14.7. The number of hydrogen-bond donors (Lipinski definition) is 3. The third kappa shape index (κ3) is 4.28. The standard InChI is InChI=1S/C20H19N3OS/c1-14(22-23-20(25)21-18-6-4-3-5-7-18)15-8-9-17-13-19(24-2)11-10-16(17)12-15/h3-13,22H,1H2,2H3,(H2,21,23,25). The molecule has 0 bridgehead atoms. The smallest absolute Gasteiger partial charge is 0.189 e. The molecule has 4 nitrogen and oxygen atoms in total. The average Bonchev–Trinajstić information content (AvgIpc) is 2.66. The van der Waals surface area contributed by atoms with Crippen LogP contribution in [0.5, 0.6) is 5.75 Å². The zero-order valence-electron chi connectivity index (χ0n) is 13.9. The molecule has 0 aliphatic rings. The van der Waals surface area contributed by atoms with Crippen LogP contribution in [0, 0.1) is 0 Å². The van der Waals surface area contributed by atoms with Gasteiger partial charge in [0.05, 0.1) is 12.8 Å². The van der Waals surface area contributed by atoms with Crippen LogP contribution in [0.25, 0.3) is 16.5 Å². The minimum atomic E-state index is 0.470. The number of methoxy groups -OCH3 is 1. The lowest BCUT2D eigenvalue weighted by Gasteiger charge is -2.15. The van der Waals surface area contributed by atoms with Gasteiger partial charge in [0, 0.05) is 5.69 Å². The molecule has 0 saturated heterocycles. The Labute approximate surface area is 152 Å². The molecule has 0 heterocycles. The first-order chi connectivity index (χ1) is 12.2. The van der Waals surface area contributed by atoms with Crippen LogP contribution in [0.2, 0.25) is 0 Å². The minimum Gasteiger partial charge on any atom is -0.497 e. The summed E-state index contributed by atoms with van der Waals surface area (Å²) in [6, 6.07) is 21.8. The number of hydrogen-bond acceptors (Lipinski definition) is 3. The normalized spacial score (nSPS) is 10.1. The van der Waals surface area contributed by atoms with Crippen LogP contribution < -0.4 is 20.9 Å². The van der Waals surface area contributed by atoms with E-state index in [-0.39, 0.29) is 0 Å². The third-order valence-corrected chi connectivity index (χ3v) is 3.96. The van der Waals surface area contributed by atoms with E-state index in [2.05, 4.69) is 28.8 Å². The summed E-state index contributed by atoms with van der Waals surface area (Å²) >= 11 is 5.27. The van der Waals surface area contributed by atoms with Crippen LogP contribution in [-0.2, 0) is 0 Å². The van der Waals surface area contributed by atoms with E-state index in [1.54, 1.807) is 7.11 Å². The summed E-state index contributed by atoms with van der Waals surface area (Å²) in [6.45, 7) is 4.06. The van der Waals surface area contributed by atoms with E-state index < -0.39 is 0 Å². The fourth-order valence-corrected chi connectivity index (χ4v) is 2.60. The predicted molar refractivity (Wildman–Crippen MR) is 108 cm³/mol. The summed E-state index contributed by atoms with van der Waals surface area (Å²) < 4.78 is 5.25. The monoisotopic (exact) mass is 349 g/mol. The Morgan fingerprint density at radius 1 is 0.920 bits per heavy atom. The van der Waals surface area contributed by atoms with Crippen molar-refractivity contribution in [1.29, 1.82) is 0 Å². The molecule has 0 unspecified atom stereocenters. The largest absolute Gasteiger partial charge is 0.497 e. The van der Waals surface area contributed by atoms with Gasteiger partial charge < -0.3 is 10.1 Å². The Kier molecular flexibility index (Phi) is 5.16. The molecule has 3 N–H and O–H groups in total. The maximum atomic E-state index is 5.27. The number of benzene rings is 3. The van der Waals surface area contributed by atoms with Crippen LogP contribution in [0.1, 0.15) is 5.56 Å². The summed E-state index contributed by atoms with van der Waals surface area (Å²) in [5.74, 6) is 0.844. The predicted octanol–water partition coefficient (Wildman–Crippen LogP) is 4.31. The van der Waals surface area contributed by atoms with Crippen LogP contribution >= 0.6 is 12.2 Å². The highest BCUT2D eigenvalue weighted by Crippen LogP contribution is 2.23. The summed E-state index contributed by atoms with van der Waals surface area (Å²) in [4.78, 5) is 0. The molecule has 3 rings (SSSR count). The van der Waals surface area contributed by atoms with Crippen molar-refractivity contribution in [3.05, 3.63) is 78.9 Å². The molecule has 0 aromatic heterocycles. The van der Waals surface area contributed by atoms with E-state index in [1.807, 2.05) is 60.7 Å². The van der Waals surface area contributed by atoms with Gasteiger partial charge in [-0.1, -0.05) is 43.0 Å². The van der Waals surface area contributed by atoms with Crippen LogP contribution in [0.4, 0.5) is 5.69 Å².